The van der Waals surface area contributed by atoms with Crippen molar-refractivity contribution in [3.8, 4) is 5.69 Å². The number of carbonyl (C=O) groups is 1. The number of nitrogens with zero attached hydrogens (tertiary/aromatic N) is 4. The Morgan fingerprint density at radius 2 is 2.00 bits per heavy atom. The van der Waals surface area contributed by atoms with E-state index >= 15 is 0 Å². The summed E-state index contributed by atoms with van der Waals surface area (Å²) in [5, 5.41) is 14.6. The lowest BCUT2D eigenvalue weighted by Crippen LogP contribution is -2.13. The summed E-state index contributed by atoms with van der Waals surface area (Å²) in [5.41, 5.74) is 3.26. The Kier molecular flexibility index (Phi) is 5.14. The van der Waals surface area contributed by atoms with Crippen LogP contribution < -0.4 is 5.32 Å². The molecule has 1 heterocycles. The van der Waals surface area contributed by atoms with Crippen LogP contribution in [0.1, 0.15) is 29.8 Å². The lowest BCUT2D eigenvalue weighted by Gasteiger charge is -2.12. The van der Waals surface area contributed by atoms with Crippen LogP contribution in [0.2, 0.25) is 0 Å². The monoisotopic (exact) mass is 353 g/mol. The highest BCUT2D eigenvalue weighted by molar-refractivity contribution is 8.00. The van der Waals surface area contributed by atoms with Crippen LogP contribution in [-0.4, -0.2) is 31.4 Å². The first-order chi connectivity index (χ1) is 12.0. The van der Waals surface area contributed by atoms with Gasteiger partial charge < -0.3 is 5.32 Å². The zero-order valence-corrected chi connectivity index (χ0v) is 15.1. The van der Waals surface area contributed by atoms with Crippen LogP contribution in [0.3, 0.4) is 0 Å². The van der Waals surface area contributed by atoms with E-state index in [0.29, 0.717) is 10.8 Å². The molecule has 25 heavy (non-hydrogen) atoms. The maximum absolute atomic E-state index is 12.7. The summed E-state index contributed by atoms with van der Waals surface area (Å²) >= 11 is 1.68. The summed E-state index contributed by atoms with van der Waals surface area (Å²) < 4.78 is 1.59. The average molecular weight is 353 g/mol. The largest absolute Gasteiger partial charge is 0.322 e. The summed E-state index contributed by atoms with van der Waals surface area (Å²) in [5.74, 6) is -0.113. The lowest BCUT2D eigenvalue weighted by molar-refractivity contribution is 0.102. The fraction of sp³-hybridized carbons (Fsp3) is 0.222. The summed E-state index contributed by atoms with van der Waals surface area (Å²) in [6, 6.07) is 13.3. The van der Waals surface area contributed by atoms with Crippen molar-refractivity contribution in [1.82, 2.24) is 20.2 Å². The first kappa shape index (κ1) is 17.2. The molecule has 0 aliphatic carbocycles. The zero-order chi connectivity index (χ0) is 17.8. The molecule has 0 atom stereocenters. The molecule has 0 fully saturated rings. The molecule has 1 aromatic heterocycles. The number of carbonyl (C=O) groups excluding carboxylic acids is 1. The number of hydrogen-bond donors (Lipinski definition) is 1. The fourth-order valence-electron chi connectivity index (χ4n) is 2.47. The highest BCUT2D eigenvalue weighted by atomic mass is 32.2. The van der Waals surface area contributed by atoms with Gasteiger partial charge in [-0.05, 0) is 53.2 Å². The second-order valence-electron chi connectivity index (χ2n) is 5.87. The van der Waals surface area contributed by atoms with Gasteiger partial charge in [-0.15, -0.1) is 16.9 Å². The molecule has 0 spiro atoms. The van der Waals surface area contributed by atoms with Gasteiger partial charge >= 0.3 is 0 Å². The van der Waals surface area contributed by atoms with Gasteiger partial charge in [0.25, 0.3) is 5.91 Å². The van der Waals surface area contributed by atoms with Crippen molar-refractivity contribution in [1.29, 1.82) is 0 Å². The molecule has 7 heteroatoms. The number of aryl methyl sites for hydroxylation is 1. The quantitative estimate of drug-likeness (QED) is 0.708. The molecule has 0 saturated heterocycles. The van der Waals surface area contributed by atoms with E-state index in [-0.39, 0.29) is 5.91 Å². The van der Waals surface area contributed by atoms with E-state index in [9.17, 15) is 4.79 Å². The Balaban J connectivity index is 1.81. The van der Waals surface area contributed by atoms with E-state index in [2.05, 4.69) is 34.7 Å². The molecule has 6 nitrogen and oxygen atoms in total. The van der Waals surface area contributed by atoms with E-state index in [4.69, 9.17) is 0 Å². The van der Waals surface area contributed by atoms with Gasteiger partial charge in [-0.25, -0.2) is 4.68 Å². The molecule has 0 aliphatic heterocycles. The molecule has 1 amide bonds. The number of hydrogen-bond acceptors (Lipinski definition) is 5. The minimum atomic E-state index is -0.113. The van der Waals surface area contributed by atoms with Crippen LogP contribution in [0.5, 0.6) is 0 Å². The molecule has 0 aliphatic rings. The van der Waals surface area contributed by atoms with Crippen LogP contribution in [0.4, 0.5) is 5.69 Å². The SMILES string of the molecule is Cc1cc(NC(=O)c2ccccc2SC(C)C)ccc1-n1cnnn1. The average Bonchev–Trinajstić information content (AvgIpc) is 3.09. The highest BCUT2D eigenvalue weighted by Crippen LogP contribution is 2.27. The van der Waals surface area contributed by atoms with Gasteiger partial charge in [0.2, 0.25) is 0 Å². The molecule has 0 bridgehead atoms. The predicted molar refractivity (Wildman–Crippen MR) is 99.3 cm³/mol. The number of rotatable bonds is 5. The standard InChI is InChI=1S/C18H19N5OS/c1-12(2)25-17-7-5-4-6-15(17)18(24)20-14-8-9-16(13(3)10-14)23-11-19-21-22-23/h4-12H,1-3H3,(H,20,24). The van der Waals surface area contributed by atoms with Gasteiger partial charge in [0.1, 0.15) is 6.33 Å². The van der Waals surface area contributed by atoms with Gasteiger partial charge in [-0.1, -0.05) is 26.0 Å². The van der Waals surface area contributed by atoms with E-state index < -0.39 is 0 Å². The van der Waals surface area contributed by atoms with Gasteiger partial charge in [-0.2, -0.15) is 0 Å². The number of amides is 1. The molecule has 0 radical (unpaired) electrons. The first-order valence-corrected chi connectivity index (χ1v) is 8.83. The molecule has 1 N–H and O–H groups in total. The van der Waals surface area contributed by atoms with Crippen LogP contribution in [-0.2, 0) is 0 Å². The summed E-state index contributed by atoms with van der Waals surface area (Å²) in [4.78, 5) is 13.7. The number of benzene rings is 2. The molecule has 0 unspecified atom stereocenters. The number of aromatic nitrogens is 4. The van der Waals surface area contributed by atoms with Crippen molar-refractivity contribution in [2.24, 2.45) is 0 Å². The second-order valence-corrected chi connectivity index (χ2v) is 7.49. The number of nitrogens with one attached hydrogen (secondary N) is 1. The van der Waals surface area contributed by atoms with Crippen molar-refractivity contribution < 1.29 is 4.79 Å². The van der Waals surface area contributed by atoms with E-state index in [0.717, 1.165) is 21.8 Å². The normalized spacial score (nSPS) is 10.9. The first-order valence-electron chi connectivity index (χ1n) is 7.95. The number of thioether (sulfide) groups is 1. The fourth-order valence-corrected chi connectivity index (χ4v) is 3.42. The van der Waals surface area contributed by atoms with Gasteiger partial charge in [0.15, 0.2) is 0 Å². The van der Waals surface area contributed by atoms with E-state index in [1.165, 1.54) is 0 Å². The Labute approximate surface area is 150 Å². The summed E-state index contributed by atoms with van der Waals surface area (Å²) in [7, 11) is 0. The molecule has 0 saturated carbocycles. The Morgan fingerprint density at radius 1 is 1.20 bits per heavy atom. The third-order valence-corrected chi connectivity index (χ3v) is 4.63. The predicted octanol–water partition coefficient (Wildman–Crippen LogP) is 3.72. The highest BCUT2D eigenvalue weighted by Gasteiger charge is 2.13. The molecule has 128 valence electrons. The Bertz CT molecular complexity index is 877. The molecular weight excluding hydrogens is 334 g/mol. The van der Waals surface area contributed by atoms with Crippen LogP contribution in [0, 0.1) is 6.92 Å². The van der Waals surface area contributed by atoms with E-state index in [1.807, 2.05) is 49.4 Å². The van der Waals surface area contributed by atoms with E-state index in [1.54, 1.807) is 22.8 Å². The Hall–Kier alpha value is -2.67. The zero-order valence-electron chi connectivity index (χ0n) is 14.3. The van der Waals surface area contributed by atoms with Crippen LogP contribution in [0.25, 0.3) is 5.69 Å². The third kappa shape index (κ3) is 4.06. The smallest absolute Gasteiger partial charge is 0.256 e. The molecule has 3 aromatic rings. The maximum atomic E-state index is 12.7. The molecule has 3 rings (SSSR count). The maximum Gasteiger partial charge on any atom is 0.256 e. The van der Waals surface area contributed by atoms with Gasteiger partial charge in [-0.3, -0.25) is 4.79 Å². The lowest BCUT2D eigenvalue weighted by atomic mass is 10.1. The summed E-state index contributed by atoms with van der Waals surface area (Å²) in [6.07, 6.45) is 1.54. The third-order valence-electron chi connectivity index (χ3n) is 3.54. The van der Waals surface area contributed by atoms with Crippen molar-refractivity contribution in [2.75, 3.05) is 5.32 Å². The minimum Gasteiger partial charge on any atom is -0.322 e. The van der Waals surface area contributed by atoms with Crippen molar-refractivity contribution >= 4 is 23.4 Å². The van der Waals surface area contributed by atoms with Crippen LogP contribution in [0.15, 0.2) is 53.7 Å². The van der Waals surface area contributed by atoms with Crippen LogP contribution >= 0.6 is 11.8 Å². The topological polar surface area (TPSA) is 72.7 Å². The minimum absolute atomic E-state index is 0.113. The molecule has 2 aromatic carbocycles. The van der Waals surface area contributed by atoms with Gasteiger partial charge in [0, 0.05) is 15.8 Å². The van der Waals surface area contributed by atoms with Gasteiger partial charge in [0.05, 0.1) is 11.3 Å². The Morgan fingerprint density at radius 3 is 2.68 bits per heavy atom. The second kappa shape index (κ2) is 7.48. The van der Waals surface area contributed by atoms with Crippen molar-refractivity contribution in [3.63, 3.8) is 0 Å². The summed E-state index contributed by atoms with van der Waals surface area (Å²) in [6.45, 7) is 6.18. The number of tetrazole rings is 1. The van der Waals surface area contributed by atoms with Crippen molar-refractivity contribution in [3.05, 3.63) is 59.9 Å². The number of anilines is 1. The molecular formula is C18H19N5OS. The van der Waals surface area contributed by atoms with Crippen molar-refractivity contribution in [2.45, 2.75) is 30.9 Å².